The van der Waals surface area contributed by atoms with Crippen molar-refractivity contribution in [3.8, 4) is 22.4 Å². The first-order valence-electron chi connectivity index (χ1n) is 11.3. The monoisotopic (exact) mass is 487 g/mol. The Morgan fingerprint density at radius 2 is 2.06 bits per heavy atom. The molecule has 1 aliphatic rings. The van der Waals surface area contributed by atoms with Crippen LogP contribution in [0.2, 0.25) is 0 Å². The molecule has 0 aliphatic heterocycles. The van der Waals surface area contributed by atoms with Gasteiger partial charge < -0.3 is 14.8 Å². The number of amides is 1. The van der Waals surface area contributed by atoms with Crippen LogP contribution in [0.25, 0.3) is 10.6 Å². The Balaban J connectivity index is 1.78. The summed E-state index contributed by atoms with van der Waals surface area (Å²) in [6, 6.07) is 7.69. The smallest absolute Gasteiger partial charge is 0.412 e. The number of hydrogen-bond acceptors (Lipinski definition) is 8. The largest absolute Gasteiger partial charge is 0.458 e. The topological polar surface area (TPSA) is 101 Å². The summed E-state index contributed by atoms with van der Waals surface area (Å²) >= 11 is 2.65. The Kier molecular flexibility index (Phi) is 10.0. The number of pyridine rings is 1. The molecule has 0 spiro atoms. The molecule has 9 heteroatoms. The van der Waals surface area contributed by atoms with E-state index in [0.717, 1.165) is 49.8 Å². The van der Waals surface area contributed by atoms with E-state index in [1.165, 1.54) is 29.5 Å². The fourth-order valence-electron chi connectivity index (χ4n) is 3.69. The Labute approximate surface area is 202 Å². The minimum absolute atomic E-state index is 0.0977. The summed E-state index contributed by atoms with van der Waals surface area (Å²) in [5.41, 5.74) is 0.714. The van der Waals surface area contributed by atoms with Crippen LogP contribution in [0.5, 0.6) is 5.75 Å². The van der Waals surface area contributed by atoms with E-state index in [0.29, 0.717) is 23.6 Å². The van der Waals surface area contributed by atoms with Gasteiger partial charge >= 0.3 is 12.1 Å². The zero-order chi connectivity index (χ0) is 23.5. The number of carbonyl (C=O) groups excluding carboxylic acids is 2. The number of nitrogens with one attached hydrogen (secondary N) is 1. The molecule has 33 heavy (non-hydrogen) atoms. The standard InChI is InChI=1S/C24H29N3O4S2/c1-32-21-19(31-24(29)27-16-9-3-2-8-14-25)22(23(28)30-17-11-5-4-6-12-17)33-20(21)18-13-7-10-15-26-18/h7,10,13,15,17H,2-6,8-9,11-12,16H2,1H3,(H,27,29). The summed E-state index contributed by atoms with van der Waals surface area (Å²) in [5.74, 6) is -0.223. The summed E-state index contributed by atoms with van der Waals surface area (Å²) in [6.45, 7) is 0.442. The third-order valence-electron chi connectivity index (χ3n) is 5.37. The van der Waals surface area contributed by atoms with Crippen molar-refractivity contribution in [1.82, 2.24) is 10.3 Å². The highest BCUT2D eigenvalue weighted by atomic mass is 32.2. The van der Waals surface area contributed by atoms with E-state index in [2.05, 4.69) is 16.4 Å². The second-order valence-electron chi connectivity index (χ2n) is 7.79. The van der Waals surface area contributed by atoms with Gasteiger partial charge in [0.15, 0.2) is 10.6 Å². The van der Waals surface area contributed by atoms with E-state index in [1.54, 1.807) is 6.20 Å². The Morgan fingerprint density at radius 3 is 2.76 bits per heavy atom. The summed E-state index contributed by atoms with van der Waals surface area (Å²) in [7, 11) is 0. The summed E-state index contributed by atoms with van der Waals surface area (Å²) in [5, 5.41) is 11.3. The van der Waals surface area contributed by atoms with Gasteiger partial charge in [0.25, 0.3) is 0 Å². The van der Waals surface area contributed by atoms with Crippen LogP contribution in [0.3, 0.4) is 0 Å². The number of ether oxygens (including phenoxy) is 2. The van der Waals surface area contributed by atoms with Crippen LogP contribution in [0, 0.1) is 11.3 Å². The number of unbranched alkanes of at least 4 members (excludes halogenated alkanes) is 3. The molecule has 1 fully saturated rings. The quantitative estimate of drug-likeness (QED) is 0.242. The van der Waals surface area contributed by atoms with E-state index in [4.69, 9.17) is 14.7 Å². The number of nitrogens with zero attached hydrogens (tertiary/aromatic N) is 2. The fraction of sp³-hybridized carbons (Fsp3) is 0.500. The Hall–Kier alpha value is -2.57. The number of carbonyl (C=O) groups is 2. The van der Waals surface area contributed by atoms with Gasteiger partial charge in [-0.05, 0) is 56.9 Å². The first kappa shape index (κ1) is 25.1. The summed E-state index contributed by atoms with van der Waals surface area (Å²) < 4.78 is 11.5. The van der Waals surface area contributed by atoms with E-state index in [9.17, 15) is 9.59 Å². The molecule has 1 amide bonds. The summed E-state index contributed by atoms with van der Waals surface area (Å²) in [6.07, 6.45) is 10.8. The molecule has 7 nitrogen and oxygen atoms in total. The maximum absolute atomic E-state index is 13.1. The van der Waals surface area contributed by atoms with Crippen molar-refractivity contribution < 1.29 is 19.1 Å². The Bertz CT molecular complexity index is 966. The van der Waals surface area contributed by atoms with Crippen LogP contribution in [-0.4, -0.2) is 36.0 Å². The minimum Gasteiger partial charge on any atom is -0.458 e. The molecule has 0 bridgehead atoms. The lowest BCUT2D eigenvalue weighted by molar-refractivity contribution is 0.0214. The highest BCUT2D eigenvalue weighted by Crippen LogP contribution is 2.47. The number of thioether (sulfide) groups is 1. The molecule has 1 N–H and O–H groups in total. The predicted molar refractivity (Wildman–Crippen MR) is 130 cm³/mol. The highest BCUT2D eigenvalue weighted by molar-refractivity contribution is 7.99. The average molecular weight is 488 g/mol. The molecule has 0 saturated heterocycles. The highest BCUT2D eigenvalue weighted by Gasteiger charge is 2.30. The molecule has 1 saturated carbocycles. The molecule has 2 aromatic heterocycles. The molecule has 1 aliphatic carbocycles. The molecule has 0 radical (unpaired) electrons. The minimum atomic E-state index is -0.609. The van der Waals surface area contributed by atoms with E-state index in [-0.39, 0.29) is 16.7 Å². The number of rotatable bonds is 10. The van der Waals surface area contributed by atoms with Crippen LogP contribution < -0.4 is 10.1 Å². The molecule has 0 unspecified atom stereocenters. The zero-order valence-electron chi connectivity index (χ0n) is 18.8. The number of hydrogen-bond donors (Lipinski definition) is 1. The van der Waals surface area contributed by atoms with Gasteiger partial charge in [-0.2, -0.15) is 5.26 Å². The van der Waals surface area contributed by atoms with Crippen molar-refractivity contribution >= 4 is 35.2 Å². The van der Waals surface area contributed by atoms with Gasteiger partial charge in [-0.25, -0.2) is 9.59 Å². The second-order valence-corrected chi connectivity index (χ2v) is 9.63. The molecule has 0 atom stereocenters. The third-order valence-corrected chi connectivity index (χ3v) is 7.47. The molecular weight excluding hydrogens is 458 g/mol. The second kappa shape index (κ2) is 13.2. The van der Waals surface area contributed by atoms with E-state index >= 15 is 0 Å². The average Bonchev–Trinajstić information content (AvgIpc) is 3.20. The van der Waals surface area contributed by atoms with Gasteiger partial charge in [-0.1, -0.05) is 18.9 Å². The lowest BCUT2D eigenvalue weighted by atomic mass is 9.98. The van der Waals surface area contributed by atoms with Crippen LogP contribution in [0.4, 0.5) is 4.79 Å². The lowest BCUT2D eigenvalue weighted by Crippen LogP contribution is -2.28. The van der Waals surface area contributed by atoms with E-state index < -0.39 is 12.1 Å². The van der Waals surface area contributed by atoms with Gasteiger partial charge in [0, 0.05) is 19.2 Å². The van der Waals surface area contributed by atoms with Gasteiger partial charge in [0.2, 0.25) is 0 Å². The molecule has 2 heterocycles. The van der Waals surface area contributed by atoms with Crippen molar-refractivity contribution in [2.75, 3.05) is 12.8 Å². The van der Waals surface area contributed by atoms with Crippen LogP contribution >= 0.6 is 23.1 Å². The van der Waals surface area contributed by atoms with Gasteiger partial charge in [-0.3, -0.25) is 4.98 Å². The SMILES string of the molecule is CSc1c(-c2ccccn2)sc(C(=O)OC2CCCCC2)c1OC(=O)NCCCCCC#N. The van der Waals surface area contributed by atoms with Crippen molar-refractivity contribution in [2.45, 2.75) is 68.8 Å². The van der Waals surface area contributed by atoms with E-state index in [1.807, 2.05) is 24.5 Å². The maximum Gasteiger partial charge on any atom is 0.412 e. The molecule has 3 rings (SSSR count). The normalized spacial score (nSPS) is 13.8. The third kappa shape index (κ3) is 7.21. The van der Waals surface area contributed by atoms with Gasteiger partial charge in [0.05, 0.1) is 21.5 Å². The van der Waals surface area contributed by atoms with Crippen molar-refractivity contribution in [1.29, 1.82) is 5.26 Å². The first-order valence-corrected chi connectivity index (χ1v) is 13.3. The van der Waals surface area contributed by atoms with Crippen molar-refractivity contribution in [2.24, 2.45) is 0 Å². The molecule has 0 aromatic carbocycles. The van der Waals surface area contributed by atoms with Gasteiger partial charge in [0.1, 0.15) is 6.10 Å². The predicted octanol–water partition coefficient (Wildman–Crippen LogP) is 6.19. The zero-order valence-corrected chi connectivity index (χ0v) is 20.4. The fourth-order valence-corrected chi connectivity index (χ4v) is 5.73. The molecule has 176 valence electrons. The van der Waals surface area contributed by atoms with Crippen LogP contribution in [0.1, 0.15) is 67.5 Å². The maximum atomic E-state index is 13.1. The number of esters is 1. The van der Waals surface area contributed by atoms with Crippen LogP contribution in [0.15, 0.2) is 29.3 Å². The molecule has 2 aromatic rings. The number of thiophene rings is 1. The van der Waals surface area contributed by atoms with Gasteiger partial charge in [-0.15, -0.1) is 23.1 Å². The van der Waals surface area contributed by atoms with Crippen molar-refractivity contribution in [3.05, 3.63) is 29.3 Å². The van der Waals surface area contributed by atoms with Crippen molar-refractivity contribution in [3.63, 3.8) is 0 Å². The number of nitriles is 1. The number of aromatic nitrogens is 1. The van der Waals surface area contributed by atoms with Crippen LogP contribution in [-0.2, 0) is 4.74 Å². The Morgan fingerprint density at radius 1 is 1.24 bits per heavy atom. The molecular formula is C24H29N3O4S2. The lowest BCUT2D eigenvalue weighted by Gasteiger charge is -2.21. The summed E-state index contributed by atoms with van der Waals surface area (Å²) in [4.78, 5) is 31.8. The first-order chi connectivity index (χ1) is 16.1.